The molecule has 186 valence electrons. The van der Waals surface area contributed by atoms with Crippen molar-refractivity contribution in [3.8, 4) is 11.5 Å². The van der Waals surface area contributed by atoms with Gasteiger partial charge in [-0.05, 0) is 43.7 Å². The highest BCUT2D eigenvalue weighted by molar-refractivity contribution is 7.14. The molecule has 0 radical (unpaired) electrons. The molecule has 4 rings (SSSR count). The van der Waals surface area contributed by atoms with Crippen molar-refractivity contribution in [3.05, 3.63) is 57.0 Å². The first-order chi connectivity index (χ1) is 16.9. The number of rotatable bonds is 7. The number of piperidine rings is 1. The van der Waals surface area contributed by atoms with E-state index in [0.717, 1.165) is 41.9 Å². The lowest BCUT2D eigenvalue weighted by Gasteiger charge is -2.38. The number of amides is 2. The Kier molecular flexibility index (Phi) is 7.39. The molecule has 2 amide bonds. The molecule has 0 aliphatic carbocycles. The number of nitro groups is 1. The molecular formula is C25H29N3O6S. The number of carbonyl (C=O) groups is 2. The maximum atomic E-state index is 13.1. The number of benzene rings is 1. The molecule has 2 saturated heterocycles. The third-order valence-electron chi connectivity index (χ3n) is 6.81. The van der Waals surface area contributed by atoms with Crippen molar-refractivity contribution >= 4 is 34.2 Å². The first-order valence-corrected chi connectivity index (χ1v) is 12.5. The predicted molar refractivity (Wildman–Crippen MR) is 133 cm³/mol. The van der Waals surface area contributed by atoms with Crippen LogP contribution in [0.2, 0.25) is 0 Å². The van der Waals surface area contributed by atoms with Gasteiger partial charge >= 0.3 is 5.00 Å². The number of hydrogen-bond donors (Lipinski definition) is 0. The van der Waals surface area contributed by atoms with Gasteiger partial charge in [0.25, 0.3) is 5.91 Å². The van der Waals surface area contributed by atoms with Gasteiger partial charge in [0.05, 0.1) is 24.2 Å². The van der Waals surface area contributed by atoms with Gasteiger partial charge in [-0.1, -0.05) is 29.5 Å². The maximum absolute atomic E-state index is 13.1. The molecule has 0 N–H and O–H groups in total. The van der Waals surface area contributed by atoms with Crippen LogP contribution in [0.4, 0.5) is 5.00 Å². The summed E-state index contributed by atoms with van der Waals surface area (Å²) >= 11 is 0.903. The molecule has 0 bridgehead atoms. The van der Waals surface area contributed by atoms with Gasteiger partial charge in [-0.2, -0.15) is 0 Å². The Hall–Kier alpha value is -3.40. The number of hydrogen-bond acceptors (Lipinski definition) is 7. The molecule has 2 aliphatic heterocycles. The number of thiophene rings is 1. The molecule has 2 aromatic rings. The summed E-state index contributed by atoms with van der Waals surface area (Å²) in [6, 6.07) is 7.62. The summed E-state index contributed by atoms with van der Waals surface area (Å²) in [5.74, 6) is 0.508. The number of nitrogens with zero attached hydrogens (tertiary/aromatic N) is 3. The molecule has 1 spiro atoms. The molecule has 1 aromatic heterocycles. The van der Waals surface area contributed by atoms with Crippen molar-refractivity contribution in [1.82, 2.24) is 9.80 Å². The van der Waals surface area contributed by atoms with Gasteiger partial charge in [-0.3, -0.25) is 19.7 Å². The van der Waals surface area contributed by atoms with E-state index in [0.29, 0.717) is 32.8 Å². The fourth-order valence-electron chi connectivity index (χ4n) is 4.87. The van der Waals surface area contributed by atoms with E-state index in [4.69, 9.17) is 9.47 Å². The van der Waals surface area contributed by atoms with Crippen molar-refractivity contribution < 1.29 is 24.0 Å². The van der Waals surface area contributed by atoms with Crippen molar-refractivity contribution in [2.45, 2.75) is 26.2 Å². The SMILES string of the molecule is CCOc1ccccc1C=CC(=O)N1CCC2(CC1)CCN(C(=O)c1csc([N+](=O)[O-])c1OC)C2. The van der Waals surface area contributed by atoms with Crippen LogP contribution in [-0.2, 0) is 4.79 Å². The van der Waals surface area contributed by atoms with Crippen LogP contribution in [0.5, 0.6) is 11.5 Å². The summed E-state index contributed by atoms with van der Waals surface area (Å²) in [6.07, 6.45) is 5.86. The minimum absolute atomic E-state index is 0.0315. The van der Waals surface area contributed by atoms with Crippen molar-refractivity contribution in [2.75, 3.05) is 39.9 Å². The van der Waals surface area contributed by atoms with E-state index >= 15 is 0 Å². The quantitative estimate of drug-likeness (QED) is 0.321. The Balaban J connectivity index is 1.35. The molecule has 0 unspecified atom stereocenters. The lowest BCUT2D eigenvalue weighted by Crippen LogP contribution is -2.44. The Morgan fingerprint density at radius 2 is 1.86 bits per heavy atom. The van der Waals surface area contributed by atoms with Gasteiger partial charge in [-0.25, -0.2) is 0 Å². The third kappa shape index (κ3) is 5.17. The van der Waals surface area contributed by atoms with Crippen LogP contribution < -0.4 is 9.47 Å². The summed E-state index contributed by atoms with van der Waals surface area (Å²) in [6.45, 7) is 4.92. The standard InChI is InChI=1S/C25H29N3O6S/c1-3-34-20-7-5-4-6-18(20)8-9-21(29)26-13-10-25(11-14-26)12-15-27(17-25)23(30)19-16-35-24(28(31)32)22(19)33-2/h4-9,16H,3,10-15,17H2,1-2H3. The number of methoxy groups -OCH3 is 1. The van der Waals surface area contributed by atoms with Gasteiger partial charge in [0.1, 0.15) is 5.75 Å². The second-order valence-corrected chi connectivity index (χ2v) is 9.71. The summed E-state index contributed by atoms with van der Waals surface area (Å²) in [4.78, 5) is 40.2. The van der Waals surface area contributed by atoms with E-state index in [2.05, 4.69) is 0 Å². The lowest BCUT2D eigenvalue weighted by atomic mass is 9.78. The first kappa shape index (κ1) is 24.7. The van der Waals surface area contributed by atoms with Crippen LogP contribution >= 0.6 is 11.3 Å². The minimum Gasteiger partial charge on any atom is -0.493 e. The average molecular weight is 500 g/mol. The highest BCUT2D eigenvalue weighted by atomic mass is 32.1. The molecule has 3 heterocycles. The molecule has 9 nitrogen and oxygen atoms in total. The zero-order chi connectivity index (χ0) is 25.0. The average Bonchev–Trinajstić information content (AvgIpc) is 3.48. The number of ether oxygens (including phenoxy) is 2. The summed E-state index contributed by atoms with van der Waals surface area (Å²) in [7, 11) is 1.34. The summed E-state index contributed by atoms with van der Waals surface area (Å²) in [5.41, 5.74) is 1.07. The summed E-state index contributed by atoms with van der Waals surface area (Å²) in [5, 5.41) is 12.5. The van der Waals surface area contributed by atoms with Crippen molar-refractivity contribution in [2.24, 2.45) is 5.41 Å². The van der Waals surface area contributed by atoms with E-state index in [1.54, 1.807) is 17.1 Å². The van der Waals surface area contributed by atoms with Crippen LogP contribution in [0.3, 0.4) is 0 Å². The van der Waals surface area contributed by atoms with Gasteiger partial charge in [0, 0.05) is 43.2 Å². The van der Waals surface area contributed by atoms with Gasteiger partial charge in [-0.15, -0.1) is 0 Å². The van der Waals surface area contributed by atoms with Gasteiger partial charge in [0.2, 0.25) is 11.7 Å². The Morgan fingerprint density at radius 3 is 2.51 bits per heavy atom. The van der Waals surface area contributed by atoms with Gasteiger partial charge < -0.3 is 19.3 Å². The number of para-hydroxylation sites is 1. The topological polar surface area (TPSA) is 102 Å². The fourth-order valence-corrected chi connectivity index (χ4v) is 5.69. The second kappa shape index (κ2) is 10.5. The molecule has 1 aromatic carbocycles. The minimum atomic E-state index is -0.525. The highest BCUT2D eigenvalue weighted by Gasteiger charge is 2.43. The molecule has 10 heteroatoms. The number of likely N-dealkylation sites (tertiary alicyclic amines) is 2. The lowest BCUT2D eigenvalue weighted by molar-refractivity contribution is -0.381. The Bertz CT molecular complexity index is 1140. The van der Waals surface area contributed by atoms with E-state index in [1.807, 2.05) is 36.1 Å². The second-order valence-electron chi connectivity index (χ2n) is 8.85. The van der Waals surface area contributed by atoms with Crippen molar-refractivity contribution in [3.63, 3.8) is 0 Å². The Labute approximate surface area is 208 Å². The monoisotopic (exact) mass is 499 g/mol. The van der Waals surface area contributed by atoms with Crippen LogP contribution in [0.25, 0.3) is 6.08 Å². The Morgan fingerprint density at radius 1 is 1.17 bits per heavy atom. The fraction of sp³-hybridized carbons (Fsp3) is 0.440. The largest absolute Gasteiger partial charge is 0.493 e. The molecule has 2 aliphatic rings. The molecule has 0 atom stereocenters. The van der Waals surface area contributed by atoms with Crippen LogP contribution in [0.1, 0.15) is 42.1 Å². The zero-order valence-electron chi connectivity index (χ0n) is 19.9. The van der Waals surface area contributed by atoms with E-state index in [9.17, 15) is 19.7 Å². The van der Waals surface area contributed by atoms with E-state index < -0.39 is 4.92 Å². The smallest absolute Gasteiger partial charge is 0.366 e. The van der Waals surface area contributed by atoms with E-state index in [-0.39, 0.29) is 33.5 Å². The molecular weight excluding hydrogens is 470 g/mol. The van der Waals surface area contributed by atoms with Crippen LogP contribution in [-0.4, -0.2) is 66.4 Å². The molecule has 35 heavy (non-hydrogen) atoms. The zero-order valence-corrected chi connectivity index (χ0v) is 20.7. The van der Waals surface area contributed by atoms with Crippen molar-refractivity contribution in [1.29, 1.82) is 0 Å². The normalized spacial score (nSPS) is 17.2. The predicted octanol–water partition coefficient (Wildman–Crippen LogP) is 4.23. The van der Waals surface area contributed by atoms with Crippen LogP contribution in [0.15, 0.2) is 35.7 Å². The third-order valence-corrected chi connectivity index (χ3v) is 7.72. The molecule has 0 saturated carbocycles. The molecule has 2 fully saturated rings. The summed E-state index contributed by atoms with van der Waals surface area (Å²) < 4.78 is 10.8. The highest BCUT2D eigenvalue weighted by Crippen LogP contribution is 2.43. The van der Waals surface area contributed by atoms with E-state index in [1.165, 1.54) is 12.5 Å². The maximum Gasteiger partial charge on any atom is 0.366 e. The first-order valence-electron chi connectivity index (χ1n) is 11.7. The number of carbonyl (C=O) groups excluding carboxylic acids is 2. The van der Waals surface area contributed by atoms with Gasteiger partial charge in [0.15, 0.2) is 0 Å². The van der Waals surface area contributed by atoms with Crippen LogP contribution in [0, 0.1) is 15.5 Å².